The number of aliphatic hydroxyl groups excluding tert-OH is 1. The molecule has 9 nitrogen and oxygen atoms in total. The van der Waals surface area contributed by atoms with Crippen LogP contribution >= 0.6 is 11.6 Å². The van der Waals surface area contributed by atoms with Crippen molar-refractivity contribution in [2.75, 3.05) is 0 Å². The van der Waals surface area contributed by atoms with Crippen molar-refractivity contribution in [1.82, 2.24) is 29.6 Å². The van der Waals surface area contributed by atoms with Crippen molar-refractivity contribution in [1.29, 1.82) is 5.26 Å². The van der Waals surface area contributed by atoms with Crippen molar-refractivity contribution in [3.8, 4) is 17.4 Å². The topological polar surface area (TPSA) is 115 Å². The summed E-state index contributed by atoms with van der Waals surface area (Å²) in [6, 6.07) is 15.5. The first-order valence-electron chi connectivity index (χ1n) is 8.51. The largest absolute Gasteiger partial charge is 0.382 e. The summed E-state index contributed by atoms with van der Waals surface area (Å²) >= 11 is 5.92. The molecule has 0 saturated heterocycles. The van der Waals surface area contributed by atoms with Crippen molar-refractivity contribution in [2.24, 2.45) is 7.05 Å². The Labute approximate surface area is 169 Å². The number of nitriles is 1. The first kappa shape index (κ1) is 18.6. The van der Waals surface area contributed by atoms with Gasteiger partial charge in [-0.2, -0.15) is 19.7 Å². The summed E-state index contributed by atoms with van der Waals surface area (Å²) in [6.45, 7) is 0. The van der Waals surface area contributed by atoms with Crippen LogP contribution in [-0.2, 0) is 7.05 Å². The highest BCUT2D eigenvalue weighted by Crippen LogP contribution is 2.29. The van der Waals surface area contributed by atoms with Gasteiger partial charge < -0.3 is 5.11 Å². The van der Waals surface area contributed by atoms with E-state index >= 15 is 0 Å². The van der Waals surface area contributed by atoms with Crippen LogP contribution in [-0.4, -0.2) is 34.7 Å². The predicted molar refractivity (Wildman–Crippen MR) is 104 cm³/mol. The van der Waals surface area contributed by atoms with Gasteiger partial charge in [-0.1, -0.05) is 17.7 Å². The number of hydrogen-bond donors (Lipinski definition) is 1. The van der Waals surface area contributed by atoms with Gasteiger partial charge in [-0.15, -0.1) is 0 Å². The second-order valence-electron chi connectivity index (χ2n) is 6.21. The molecule has 0 aliphatic rings. The van der Waals surface area contributed by atoms with E-state index in [2.05, 4.69) is 15.5 Å². The van der Waals surface area contributed by atoms with Crippen molar-refractivity contribution in [3.05, 3.63) is 87.1 Å². The number of halogens is 1. The van der Waals surface area contributed by atoms with Crippen molar-refractivity contribution >= 4 is 11.6 Å². The maximum atomic E-state index is 12.3. The fourth-order valence-electron chi connectivity index (χ4n) is 2.96. The molecule has 2 aromatic carbocycles. The van der Waals surface area contributed by atoms with Crippen molar-refractivity contribution in [3.63, 3.8) is 0 Å². The van der Waals surface area contributed by atoms with E-state index in [0.29, 0.717) is 10.7 Å². The molecule has 4 aromatic rings. The molecular weight excluding hydrogens is 394 g/mol. The average molecular weight is 408 g/mol. The number of aryl methyl sites for hydroxylation is 1. The minimum Gasteiger partial charge on any atom is -0.382 e. The van der Waals surface area contributed by atoms with Crippen molar-refractivity contribution in [2.45, 2.75) is 6.10 Å². The molecule has 0 spiro atoms. The minimum absolute atomic E-state index is 0.202. The Morgan fingerprint density at radius 2 is 1.90 bits per heavy atom. The monoisotopic (exact) mass is 407 g/mol. The number of tetrazole rings is 1. The average Bonchev–Trinajstić information content (AvgIpc) is 3.35. The molecule has 0 amide bonds. The van der Waals surface area contributed by atoms with Gasteiger partial charge >= 0.3 is 5.69 Å². The molecule has 0 aliphatic carbocycles. The molecule has 1 N–H and O–H groups in total. The Hall–Kier alpha value is -3.74. The lowest BCUT2D eigenvalue weighted by atomic mass is 9.98. The number of nitrogens with zero attached hydrogens (tertiary/aromatic N) is 7. The van der Waals surface area contributed by atoms with Gasteiger partial charge in [0.25, 0.3) is 0 Å². The molecule has 0 fully saturated rings. The van der Waals surface area contributed by atoms with Gasteiger partial charge in [-0.3, -0.25) is 0 Å². The highest BCUT2D eigenvalue weighted by atomic mass is 35.5. The summed E-state index contributed by atoms with van der Waals surface area (Å²) < 4.78 is 3.68. The summed E-state index contributed by atoms with van der Waals surface area (Å²) in [5.74, 6) is 0. The fraction of sp³-hybridized carbons (Fsp3) is 0.105. The fourth-order valence-corrected chi connectivity index (χ4v) is 3.08. The van der Waals surface area contributed by atoms with Crippen LogP contribution in [0.5, 0.6) is 0 Å². The van der Waals surface area contributed by atoms with Gasteiger partial charge in [-0.25, -0.2) is 9.48 Å². The molecule has 0 radical (unpaired) electrons. The summed E-state index contributed by atoms with van der Waals surface area (Å²) in [5, 5.41) is 33.1. The Morgan fingerprint density at radius 1 is 1.14 bits per heavy atom. The first-order chi connectivity index (χ1) is 14.0. The molecule has 0 aliphatic heterocycles. The number of aromatic nitrogens is 6. The lowest BCUT2D eigenvalue weighted by Gasteiger charge is -2.14. The Kier molecular flexibility index (Phi) is 4.72. The number of hydrogen-bond acceptors (Lipinski definition) is 6. The Balaban J connectivity index is 1.81. The molecule has 0 bridgehead atoms. The SMILES string of the molecule is Cn1nnn(-c2cccc(C#N)c2C(O)c2ccn(-c3ccc(Cl)cc3)n2)c1=O. The van der Waals surface area contributed by atoms with Gasteiger partial charge in [0.2, 0.25) is 0 Å². The van der Waals surface area contributed by atoms with Crippen LogP contribution in [0.1, 0.15) is 22.9 Å². The molecule has 29 heavy (non-hydrogen) atoms. The lowest BCUT2D eigenvalue weighted by Crippen LogP contribution is -2.24. The molecule has 2 aromatic heterocycles. The van der Waals surface area contributed by atoms with Crippen LogP contribution in [0.15, 0.2) is 59.5 Å². The summed E-state index contributed by atoms with van der Waals surface area (Å²) in [5.41, 5.74) is 1.25. The van der Waals surface area contributed by atoms with Gasteiger partial charge in [0.1, 0.15) is 6.10 Å². The summed E-state index contributed by atoms with van der Waals surface area (Å²) in [6.07, 6.45) is 0.425. The summed E-state index contributed by atoms with van der Waals surface area (Å²) in [4.78, 5) is 12.3. The maximum Gasteiger partial charge on any atom is 0.368 e. The number of aliphatic hydroxyl groups is 1. The van der Waals surface area contributed by atoms with Gasteiger partial charge in [0.15, 0.2) is 0 Å². The number of benzene rings is 2. The Morgan fingerprint density at radius 3 is 2.55 bits per heavy atom. The molecule has 4 rings (SSSR count). The zero-order valence-corrected chi connectivity index (χ0v) is 15.9. The van der Waals surface area contributed by atoms with E-state index in [1.54, 1.807) is 59.4 Å². The van der Waals surface area contributed by atoms with Crippen LogP contribution < -0.4 is 5.69 Å². The van der Waals surface area contributed by atoms with E-state index in [-0.39, 0.29) is 16.8 Å². The molecular formula is C19H14ClN7O2. The van der Waals surface area contributed by atoms with Crippen molar-refractivity contribution < 1.29 is 5.11 Å². The minimum atomic E-state index is -1.26. The van der Waals surface area contributed by atoms with Crippen LogP contribution in [0.2, 0.25) is 5.02 Å². The predicted octanol–water partition coefficient (Wildman–Crippen LogP) is 1.76. The Bertz CT molecular complexity index is 1280. The van der Waals surface area contributed by atoms with E-state index in [1.807, 2.05) is 6.07 Å². The standard InChI is InChI=1S/C19H14ClN7O2/c1-25-19(29)27(24-23-25)16-4-2-3-12(11-21)17(16)18(28)15-9-10-26(22-15)14-7-5-13(20)6-8-14/h2-10,18,28H,1H3. The zero-order valence-electron chi connectivity index (χ0n) is 15.1. The normalized spacial score (nSPS) is 11.9. The zero-order chi connectivity index (χ0) is 20.5. The van der Waals surface area contributed by atoms with E-state index < -0.39 is 11.8 Å². The summed E-state index contributed by atoms with van der Waals surface area (Å²) in [7, 11) is 1.46. The lowest BCUT2D eigenvalue weighted by molar-refractivity contribution is 0.214. The van der Waals surface area contributed by atoms with Gasteiger partial charge in [0, 0.05) is 23.8 Å². The highest BCUT2D eigenvalue weighted by molar-refractivity contribution is 6.30. The van der Waals surface area contributed by atoms with Crippen LogP contribution in [0.3, 0.4) is 0 Å². The molecule has 0 saturated carbocycles. The highest BCUT2D eigenvalue weighted by Gasteiger charge is 2.24. The third-order valence-corrected chi connectivity index (χ3v) is 4.66. The maximum absolute atomic E-state index is 12.3. The van der Waals surface area contributed by atoms with Gasteiger partial charge in [0.05, 0.1) is 28.7 Å². The van der Waals surface area contributed by atoms with E-state index in [1.165, 1.54) is 7.05 Å². The van der Waals surface area contributed by atoms with E-state index in [9.17, 15) is 15.2 Å². The van der Waals surface area contributed by atoms with Crippen LogP contribution in [0.25, 0.3) is 11.4 Å². The molecule has 2 heterocycles. The smallest absolute Gasteiger partial charge is 0.368 e. The quantitative estimate of drug-likeness (QED) is 0.551. The molecule has 10 heteroatoms. The van der Waals surface area contributed by atoms with Crippen LogP contribution in [0.4, 0.5) is 0 Å². The number of rotatable bonds is 4. The van der Waals surface area contributed by atoms with Gasteiger partial charge in [-0.05, 0) is 52.9 Å². The third kappa shape index (κ3) is 3.31. The van der Waals surface area contributed by atoms with E-state index in [0.717, 1.165) is 15.1 Å². The molecule has 1 unspecified atom stereocenters. The van der Waals surface area contributed by atoms with Crippen LogP contribution in [0, 0.1) is 11.3 Å². The third-order valence-electron chi connectivity index (χ3n) is 4.41. The van der Waals surface area contributed by atoms with E-state index in [4.69, 9.17) is 11.6 Å². The molecule has 144 valence electrons. The first-order valence-corrected chi connectivity index (χ1v) is 8.89. The molecule has 1 atom stereocenters. The second kappa shape index (κ2) is 7.35. The second-order valence-corrected chi connectivity index (χ2v) is 6.65.